The minimum Gasteiger partial charge on any atom is -0.494 e. The van der Waals surface area contributed by atoms with Crippen molar-refractivity contribution in [3.05, 3.63) is 84.4 Å². The van der Waals surface area contributed by atoms with Gasteiger partial charge in [0.05, 0.1) is 17.2 Å². The van der Waals surface area contributed by atoms with Crippen molar-refractivity contribution in [2.24, 2.45) is 0 Å². The predicted molar refractivity (Wildman–Crippen MR) is 125 cm³/mol. The fourth-order valence-electron chi connectivity index (χ4n) is 3.13. The molecule has 168 valence electrons. The SMILES string of the molecule is CCOc1ccc(N(C(=O)COc2cccc(C(C)C)c2)S(=O)(=O)c2ccccc2)cc1. The van der Waals surface area contributed by atoms with Crippen LogP contribution in [0.2, 0.25) is 0 Å². The summed E-state index contributed by atoms with van der Waals surface area (Å²) in [5, 5.41) is 0. The van der Waals surface area contributed by atoms with Crippen LogP contribution in [0.25, 0.3) is 0 Å². The third-order valence-electron chi connectivity index (χ3n) is 4.78. The lowest BCUT2D eigenvalue weighted by Gasteiger charge is -2.23. The molecule has 1 amide bonds. The molecule has 0 unspecified atom stereocenters. The molecule has 0 radical (unpaired) electrons. The van der Waals surface area contributed by atoms with Gasteiger partial charge in [-0.2, -0.15) is 4.31 Å². The average molecular weight is 454 g/mol. The molecule has 0 fully saturated rings. The molecular formula is C25H27NO5S. The number of anilines is 1. The lowest BCUT2D eigenvalue weighted by atomic mass is 10.0. The van der Waals surface area contributed by atoms with Gasteiger partial charge in [0.1, 0.15) is 11.5 Å². The molecule has 0 N–H and O–H groups in total. The molecule has 0 aliphatic rings. The first-order valence-corrected chi connectivity index (χ1v) is 11.9. The first-order chi connectivity index (χ1) is 15.3. The van der Waals surface area contributed by atoms with E-state index in [0.717, 1.165) is 9.87 Å². The van der Waals surface area contributed by atoms with Crippen LogP contribution in [0.5, 0.6) is 11.5 Å². The van der Waals surface area contributed by atoms with E-state index in [2.05, 4.69) is 13.8 Å². The van der Waals surface area contributed by atoms with Crippen molar-refractivity contribution in [3.8, 4) is 11.5 Å². The molecule has 0 aliphatic carbocycles. The van der Waals surface area contributed by atoms with Gasteiger partial charge in [-0.3, -0.25) is 4.79 Å². The first-order valence-electron chi connectivity index (χ1n) is 10.4. The van der Waals surface area contributed by atoms with Crippen molar-refractivity contribution in [2.75, 3.05) is 17.5 Å². The topological polar surface area (TPSA) is 72.9 Å². The molecule has 0 aliphatic heterocycles. The molecule has 32 heavy (non-hydrogen) atoms. The largest absolute Gasteiger partial charge is 0.494 e. The number of carbonyl (C=O) groups excluding carboxylic acids is 1. The monoisotopic (exact) mass is 453 g/mol. The fourth-order valence-corrected chi connectivity index (χ4v) is 4.56. The Hall–Kier alpha value is -3.32. The Morgan fingerprint density at radius 3 is 2.19 bits per heavy atom. The van der Waals surface area contributed by atoms with Crippen LogP contribution >= 0.6 is 0 Å². The summed E-state index contributed by atoms with van der Waals surface area (Å²) in [7, 11) is -4.14. The van der Waals surface area contributed by atoms with Gasteiger partial charge in [-0.1, -0.05) is 44.2 Å². The predicted octanol–water partition coefficient (Wildman–Crippen LogP) is 5.01. The van der Waals surface area contributed by atoms with E-state index >= 15 is 0 Å². The minimum absolute atomic E-state index is 0.0176. The normalized spacial score (nSPS) is 11.2. The Morgan fingerprint density at radius 2 is 1.56 bits per heavy atom. The van der Waals surface area contributed by atoms with Crippen LogP contribution in [0, 0.1) is 0 Å². The number of nitrogens with zero attached hydrogens (tertiary/aromatic N) is 1. The maximum atomic E-state index is 13.4. The van der Waals surface area contributed by atoms with Gasteiger partial charge in [0.2, 0.25) is 0 Å². The first kappa shape index (κ1) is 23.3. The Labute approximate surface area is 189 Å². The lowest BCUT2D eigenvalue weighted by molar-refractivity contribution is -0.119. The molecule has 0 bridgehead atoms. The molecule has 0 spiro atoms. The van der Waals surface area contributed by atoms with Gasteiger partial charge < -0.3 is 9.47 Å². The maximum Gasteiger partial charge on any atom is 0.278 e. The highest BCUT2D eigenvalue weighted by Gasteiger charge is 2.31. The summed E-state index contributed by atoms with van der Waals surface area (Å²) in [6.45, 7) is 6.03. The molecular weight excluding hydrogens is 426 g/mol. The van der Waals surface area contributed by atoms with Gasteiger partial charge in [-0.05, 0) is 66.9 Å². The highest BCUT2D eigenvalue weighted by molar-refractivity contribution is 7.93. The summed E-state index contributed by atoms with van der Waals surface area (Å²) >= 11 is 0. The van der Waals surface area contributed by atoms with E-state index in [9.17, 15) is 13.2 Å². The number of hydrogen-bond donors (Lipinski definition) is 0. The average Bonchev–Trinajstić information content (AvgIpc) is 2.80. The second-order valence-corrected chi connectivity index (χ2v) is 9.21. The minimum atomic E-state index is -4.14. The molecule has 7 heteroatoms. The summed E-state index contributed by atoms with van der Waals surface area (Å²) in [5.41, 5.74) is 1.28. The van der Waals surface area contributed by atoms with Crippen molar-refractivity contribution in [1.82, 2.24) is 0 Å². The summed E-state index contributed by atoms with van der Waals surface area (Å²) < 4.78 is 38.6. The second-order valence-electron chi connectivity index (χ2n) is 7.42. The van der Waals surface area contributed by atoms with Crippen LogP contribution in [-0.4, -0.2) is 27.5 Å². The van der Waals surface area contributed by atoms with E-state index in [1.165, 1.54) is 12.1 Å². The van der Waals surface area contributed by atoms with E-state index in [1.807, 2.05) is 25.1 Å². The molecule has 6 nitrogen and oxygen atoms in total. The molecule has 0 aromatic heterocycles. The highest BCUT2D eigenvalue weighted by atomic mass is 32.2. The van der Waals surface area contributed by atoms with E-state index < -0.39 is 22.5 Å². The Bertz CT molecular complexity index is 1140. The quantitative estimate of drug-likeness (QED) is 0.455. The number of benzene rings is 3. The molecule has 3 aromatic carbocycles. The zero-order valence-corrected chi connectivity index (χ0v) is 19.2. The number of ether oxygens (including phenoxy) is 2. The molecule has 3 aromatic rings. The summed E-state index contributed by atoms with van der Waals surface area (Å²) in [6.07, 6.45) is 0. The van der Waals surface area contributed by atoms with Gasteiger partial charge in [-0.25, -0.2) is 8.42 Å². The smallest absolute Gasteiger partial charge is 0.278 e. The molecule has 0 atom stereocenters. The van der Waals surface area contributed by atoms with Crippen molar-refractivity contribution < 1.29 is 22.7 Å². The van der Waals surface area contributed by atoms with E-state index in [1.54, 1.807) is 48.5 Å². The van der Waals surface area contributed by atoms with Gasteiger partial charge in [0, 0.05) is 0 Å². The number of hydrogen-bond acceptors (Lipinski definition) is 5. The summed E-state index contributed by atoms with van der Waals surface area (Å²) in [4.78, 5) is 13.2. The van der Waals surface area contributed by atoms with Crippen molar-refractivity contribution in [3.63, 3.8) is 0 Å². The summed E-state index contributed by atoms with van der Waals surface area (Å²) in [5.74, 6) is 0.692. The van der Waals surface area contributed by atoms with Crippen molar-refractivity contribution >= 4 is 21.6 Å². The number of sulfonamides is 1. The fraction of sp³-hybridized carbons (Fsp3) is 0.240. The van der Waals surface area contributed by atoms with Gasteiger partial charge >= 0.3 is 0 Å². The highest BCUT2D eigenvalue weighted by Crippen LogP contribution is 2.27. The lowest BCUT2D eigenvalue weighted by Crippen LogP contribution is -2.40. The molecule has 0 heterocycles. The van der Waals surface area contributed by atoms with Crippen LogP contribution in [0.3, 0.4) is 0 Å². The van der Waals surface area contributed by atoms with E-state index in [0.29, 0.717) is 24.0 Å². The van der Waals surface area contributed by atoms with Crippen molar-refractivity contribution in [2.45, 2.75) is 31.6 Å². The summed E-state index contributed by atoms with van der Waals surface area (Å²) in [6, 6.07) is 21.6. The molecule has 0 saturated carbocycles. The standard InChI is InChI=1S/C25H27NO5S/c1-4-30-22-15-13-21(14-16-22)26(32(28,29)24-11-6-5-7-12-24)25(27)18-31-23-10-8-9-20(17-23)19(2)3/h5-17,19H,4,18H2,1-3H3. The van der Waals surface area contributed by atoms with Gasteiger partial charge in [0.25, 0.3) is 15.9 Å². The van der Waals surface area contributed by atoms with Crippen LogP contribution in [-0.2, 0) is 14.8 Å². The zero-order chi connectivity index (χ0) is 23.1. The van der Waals surface area contributed by atoms with Gasteiger partial charge in [-0.15, -0.1) is 0 Å². The number of amides is 1. The van der Waals surface area contributed by atoms with Crippen LogP contribution < -0.4 is 13.8 Å². The zero-order valence-electron chi connectivity index (χ0n) is 18.4. The second kappa shape index (κ2) is 10.3. The molecule has 3 rings (SSSR count). The van der Waals surface area contributed by atoms with Crippen molar-refractivity contribution in [1.29, 1.82) is 0 Å². The third-order valence-corrected chi connectivity index (χ3v) is 6.54. The van der Waals surface area contributed by atoms with Crippen LogP contribution in [0.4, 0.5) is 5.69 Å². The van der Waals surface area contributed by atoms with Gasteiger partial charge in [0.15, 0.2) is 6.61 Å². The number of carbonyl (C=O) groups is 1. The Balaban J connectivity index is 1.91. The Morgan fingerprint density at radius 1 is 0.875 bits per heavy atom. The maximum absolute atomic E-state index is 13.4. The number of rotatable bonds is 9. The van der Waals surface area contributed by atoms with Crippen LogP contribution in [0.1, 0.15) is 32.3 Å². The van der Waals surface area contributed by atoms with E-state index in [-0.39, 0.29) is 10.6 Å². The van der Waals surface area contributed by atoms with E-state index in [4.69, 9.17) is 9.47 Å². The third kappa shape index (κ3) is 5.48. The van der Waals surface area contributed by atoms with Crippen LogP contribution in [0.15, 0.2) is 83.8 Å². The Kier molecular flexibility index (Phi) is 7.53. The molecule has 0 saturated heterocycles.